The zero-order chi connectivity index (χ0) is 15.3. The largest absolute Gasteiger partial charge is 0.317 e. The van der Waals surface area contributed by atoms with Crippen LogP contribution in [0.15, 0.2) is 16.3 Å². The SMILES string of the molecule is CCNCCc1ccc(S(=O)(=O)NC2CCC(SC)C2)s1. The number of thiophene rings is 1. The highest BCUT2D eigenvalue weighted by Crippen LogP contribution is 2.30. The Balaban J connectivity index is 1.93. The minimum atomic E-state index is -3.35. The van der Waals surface area contributed by atoms with Crippen molar-refractivity contribution in [3.05, 3.63) is 17.0 Å². The van der Waals surface area contributed by atoms with E-state index in [2.05, 4.69) is 23.2 Å². The number of thioether (sulfide) groups is 1. The normalized spacial score (nSPS) is 22.8. The van der Waals surface area contributed by atoms with Crippen molar-refractivity contribution >= 4 is 33.1 Å². The van der Waals surface area contributed by atoms with Gasteiger partial charge in [0.05, 0.1) is 0 Å². The molecule has 7 heteroatoms. The van der Waals surface area contributed by atoms with E-state index in [1.165, 1.54) is 11.3 Å². The molecule has 1 aromatic heterocycles. The second-order valence-corrected chi connectivity index (χ2v) is 9.56. The van der Waals surface area contributed by atoms with Gasteiger partial charge in [-0.25, -0.2) is 13.1 Å². The molecule has 0 amide bonds. The first kappa shape index (κ1) is 17.3. The summed E-state index contributed by atoms with van der Waals surface area (Å²) in [6.45, 7) is 3.90. The Morgan fingerprint density at radius 2 is 2.19 bits per heavy atom. The van der Waals surface area contributed by atoms with Crippen molar-refractivity contribution in [1.82, 2.24) is 10.0 Å². The van der Waals surface area contributed by atoms with Gasteiger partial charge in [0.15, 0.2) is 0 Å². The van der Waals surface area contributed by atoms with Crippen LogP contribution in [0.1, 0.15) is 31.1 Å². The average molecular weight is 349 g/mol. The van der Waals surface area contributed by atoms with E-state index in [-0.39, 0.29) is 6.04 Å². The van der Waals surface area contributed by atoms with Gasteiger partial charge in [0.1, 0.15) is 4.21 Å². The molecule has 2 atom stereocenters. The monoisotopic (exact) mass is 348 g/mol. The predicted molar refractivity (Wildman–Crippen MR) is 91.8 cm³/mol. The zero-order valence-electron chi connectivity index (χ0n) is 12.6. The Labute approximate surface area is 136 Å². The molecular weight excluding hydrogens is 324 g/mol. The van der Waals surface area contributed by atoms with Gasteiger partial charge < -0.3 is 5.32 Å². The van der Waals surface area contributed by atoms with Gasteiger partial charge in [-0.15, -0.1) is 11.3 Å². The van der Waals surface area contributed by atoms with Crippen LogP contribution in [0.4, 0.5) is 0 Å². The highest BCUT2D eigenvalue weighted by Gasteiger charge is 2.28. The summed E-state index contributed by atoms with van der Waals surface area (Å²) in [5.41, 5.74) is 0. The summed E-state index contributed by atoms with van der Waals surface area (Å²) in [5.74, 6) is 0. The van der Waals surface area contributed by atoms with Crippen LogP contribution in [-0.4, -0.2) is 39.1 Å². The topological polar surface area (TPSA) is 58.2 Å². The molecule has 1 aromatic rings. The second-order valence-electron chi connectivity index (χ2n) is 5.31. The molecule has 0 radical (unpaired) electrons. The molecular formula is C14H24N2O2S3. The maximum Gasteiger partial charge on any atom is 0.250 e. The van der Waals surface area contributed by atoms with Crippen LogP contribution in [0.3, 0.4) is 0 Å². The summed E-state index contributed by atoms with van der Waals surface area (Å²) in [6.07, 6.45) is 5.97. The Bertz CT molecular complexity index is 542. The lowest BCUT2D eigenvalue weighted by molar-refractivity contribution is 0.554. The third-order valence-corrected chi connectivity index (χ3v) is 7.99. The van der Waals surface area contributed by atoms with Gasteiger partial charge >= 0.3 is 0 Å². The van der Waals surface area contributed by atoms with Crippen LogP contribution in [0.2, 0.25) is 0 Å². The van der Waals surface area contributed by atoms with Crippen LogP contribution >= 0.6 is 23.1 Å². The van der Waals surface area contributed by atoms with E-state index in [1.807, 2.05) is 17.8 Å². The average Bonchev–Trinajstić information content (AvgIpc) is 3.08. The fourth-order valence-electron chi connectivity index (χ4n) is 2.56. The molecule has 2 unspecified atom stereocenters. The first-order chi connectivity index (χ1) is 10.0. The maximum absolute atomic E-state index is 12.4. The lowest BCUT2D eigenvalue weighted by Crippen LogP contribution is -2.32. The number of hydrogen-bond acceptors (Lipinski definition) is 5. The van der Waals surface area contributed by atoms with Crippen molar-refractivity contribution < 1.29 is 8.42 Å². The first-order valence-corrected chi connectivity index (χ1v) is 11.0. The van der Waals surface area contributed by atoms with Crippen LogP contribution < -0.4 is 10.0 Å². The van der Waals surface area contributed by atoms with Crippen LogP contribution in [0.25, 0.3) is 0 Å². The molecule has 1 saturated carbocycles. The summed E-state index contributed by atoms with van der Waals surface area (Å²) < 4.78 is 28.1. The standard InChI is InChI=1S/C14H24N2O2S3/c1-3-15-9-8-12-6-7-14(20-12)21(17,18)16-11-4-5-13(10-11)19-2/h6-7,11,13,15-16H,3-5,8-10H2,1-2H3. The molecule has 2 rings (SSSR count). The van der Waals surface area contributed by atoms with Gasteiger partial charge in [-0.1, -0.05) is 6.92 Å². The summed E-state index contributed by atoms with van der Waals surface area (Å²) >= 11 is 3.22. The van der Waals surface area contributed by atoms with Crippen molar-refractivity contribution in [2.75, 3.05) is 19.3 Å². The number of rotatable bonds is 8. The van der Waals surface area contributed by atoms with Crippen LogP contribution in [-0.2, 0) is 16.4 Å². The van der Waals surface area contributed by atoms with E-state index in [4.69, 9.17) is 0 Å². The predicted octanol–water partition coefficient (Wildman–Crippen LogP) is 2.46. The summed E-state index contributed by atoms with van der Waals surface area (Å²) in [5, 5.41) is 3.85. The molecule has 2 N–H and O–H groups in total. The van der Waals surface area contributed by atoms with Gasteiger partial charge in [0.2, 0.25) is 10.0 Å². The molecule has 0 aliphatic heterocycles. The van der Waals surface area contributed by atoms with Gasteiger partial charge in [0.25, 0.3) is 0 Å². The minimum absolute atomic E-state index is 0.0970. The molecule has 0 bridgehead atoms. The molecule has 0 saturated heterocycles. The molecule has 0 spiro atoms. The maximum atomic E-state index is 12.4. The molecule has 1 aliphatic carbocycles. The number of likely N-dealkylation sites (N-methyl/N-ethyl adjacent to an activating group) is 1. The lowest BCUT2D eigenvalue weighted by Gasteiger charge is -2.12. The van der Waals surface area contributed by atoms with E-state index < -0.39 is 10.0 Å². The molecule has 120 valence electrons. The smallest absolute Gasteiger partial charge is 0.250 e. The van der Waals surface area contributed by atoms with Crippen molar-refractivity contribution in [3.8, 4) is 0 Å². The van der Waals surface area contributed by atoms with Gasteiger partial charge in [0, 0.05) is 16.2 Å². The van der Waals surface area contributed by atoms with E-state index in [0.29, 0.717) is 9.46 Å². The fraction of sp³-hybridized carbons (Fsp3) is 0.714. The Morgan fingerprint density at radius 3 is 2.86 bits per heavy atom. The van der Waals surface area contributed by atoms with Crippen molar-refractivity contribution in [2.24, 2.45) is 0 Å². The van der Waals surface area contributed by atoms with Crippen molar-refractivity contribution in [1.29, 1.82) is 0 Å². The van der Waals surface area contributed by atoms with E-state index >= 15 is 0 Å². The summed E-state index contributed by atoms with van der Waals surface area (Å²) in [6, 6.07) is 3.75. The van der Waals surface area contributed by atoms with Crippen LogP contribution in [0.5, 0.6) is 0 Å². The number of nitrogens with one attached hydrogen (secondary N) is 2. The number of hydrogen-bond donors (Lipinski definition) is 2. The molecule has 1 fully saturated rings. The molecule has 21 heavy (non-hydrogen) atoms. The number of sulfonamides is 1. The minimum Gasteiger partial charge on any atom is -0.317 e. The van der Waals surface area contributed by atoms with E-state index in [9.17, 15) is 8.42 Å². The van der Waals surface area contributed by atoms with E-state index in [0.717, 1.165) is 43.6 Å². The van der Waals surface area contributed by atoms with E-state index in [1.54, 1.807) is 6.07 Å². The highest BCUT2D eigenvalue weighted by atomic mass is 32.2. The summed E-state index contributed by atoms with van der Waals surface area (Å²) in [7, 11) is -3.35. The quantitative estimate of drug-likeness (QED) is 0.709. The third-order valence-electron chi connectivity index (χ3n) is 3.74. The van der Waals surface area contributed by atoms with Crippen LogP contribution in [0, 0.1) is 0 Å². The molecule has 1 heterocycles. The molecule has 0 aromatic carbocycles. The third kappa shape index (κ3) is 4.96. The van der Waals surface area contributed by atoms with Gasteiger partial charge in [-0.05, 0) is 57.2 Å². The zero-order valence-corrected chi connectivity index (χ0v) is 15.0. The first-order valence-electron chi connectivity index (χ1n) is 7.39. The Hall–Kier alpha value is -0.0800. The molecule has 1 aliphatic rings. The van der Waals surface area contributed by atoms with Crippen molar-refractivity contribution in [2.45, 2.75) is 48.1 Å². The highest BCUT2D eigenvalue weighted by molar-refractivity contribution is 7.99. The lowest BCUT2D eigenvalue weighted by atomic mass is 10.3. The Kier molecular flexibility index (Phi) is 6.55. The second kappa shape index (κ2) is 7.97. The van der Waals surface area contributed by atoms with Crippen molar-refractivity contribution in [3.63, 3.8) is 0 Å². The molecule has 4 nitrogen and oxygen atoms in total. The Morgan fingerprint density at radius 1 is 1.38 bits per heavy atom. The fourth-order valence-corrected chi connectivity index (χ4v) is 6.02. The van der Waals surface area contributed by atoms with Gasteiger partial charge in [-0.3, -0.25) is 0 Å². The van der Waals surface area contributed by atoms with Gasteiger partial charge in [-0.2, -0.15) is 11.8 Å². The summed E-state index contributed by atoms with van der Waals surface area (Å²) in [4.78, 5) is 1.12.